The highest BCUT2D eigenvalue weighted by molar-refractivity contribution is 7.09. The third-order valence-electron chi connectivity index (χ3n) is 3.98. The molecule has 0 aromatic carbocycles. The van der Waals surface area contributed by atoms with Crippen LogP contribution in [0.2, 0.25) is 0 Å². The Bertz CT molecular complexity index is 388. The first-order valence-electron chi connectivity index (χ1n) is 6.60. The molecule has 1 aromatic heterocycles. The Labute approximate surface area is 106 Å². The van der Waals surface area contributed by atoms with E-state index in [9.17, 15) is 0 Å². The minimum atomic E-state index is 0.448. The number of aromatic nitrogens is 2. The van der Waals surface area contributed by atoms with E-state index in [-0.39, 0.29) is 0 Å². The number of hydrogen-bond acceptors (Lipinski definition) is 5. The number of nitrogens with two attached hydrogens (primary N) is 1. The molecule has 17 heavy (non-hydrogen) atoms. The first-order chi connectivity index (χ1) is 8.29. The van der Waals surface area contributed by atoms with Gasteiger partial charge in [-0.2, -0.15) is 4.37 Å². The van der Waals surface area contributed by atoms with Gasteiger partial charge < -0.3 is 10.6 Å². The molecular formula is C12H20N4S. The lowest BCUT2D eigenvalue weighted by molar-refractivity contribution is 0.349. The fourth-order valence-corrected chi connectivity index (χ4v) is 3.53. The second-order valence-corrected chi connectivity index (χ2v) is 6.06. The van der Waals surface area contributed by atoms with E-state index < -0.39 is 0 Å². The summed E-state index contributed by atoms with van der Waals surface area (Å²) in [5.74, 6) is 2.39. The summed E-state index contributed by atoms with van der Waals surface area (Å²) >= 11 is 1.55. The van der Waals surface area contributed by atoms with Crippen LogP contribution in [0.3, 0.4) is 0 Å². The monoisotopic (exact) mass is 252 g/mol. The van der Waals surface area contributed by atoms with E-state index in [0.29, 0.717) is 17.9 Å². The molecule has 2 atom stereocenters. The van der Waals surface area contributed by atoms with Gasteiger partial charge in [-0.3, -0.25) is 0 Å². The van der Waals surface area contributed by atoms with Gasteiger partial charge in [-0.15, -0.1) is 0 Å². The van der Waals surface area contributed by atoms with Crippen molar-refractivity contribution >= 4 is 16.7 Å². The lowest BCUT2D eigenvalue weighted by Crippen LogP contribution is -2.48. The fourth-order valence-electron chi connectivity index (χ4n) is 2.70. The van der Waals surface area contributed by atoms with Gasteiger partial charge in [-0.25, -0.2) is 4.98 Å². The Morgan fingerprint density at radius 2 is 2.24 bits per heavy atom. The van der Waals surface area contributed by atoms with Gasteiger partial charge >= 0.3 is 0 Å². The summed E-state index contributed by atoms with van der Waals surface area (Å²) in [5, 5.41) is 1.09. The van der Waals surface area contributed by atoms with E-state index >= 15 is 0 Å². The Hall–Kier alpha value is -0.680. The minimum absolute atomic E-state index is 0.448. The fraction of sp³-hybridized carbons (Fsp3) is 0.833. The topological polar surface area (TPSA) is 55.0 Å². The largest absolute Gasteiger partial charge is 0.342 e. The average molecular weight is 252 g/mol. The van der Waals surface area contributed by atoms with Crippen LogP contribution in [0, 0.1) is 5.92 Å². The molecule has 1 aromatic rings. The van der Waals surface area contributed by atoms with Crippen LogP contribution in [-0.2, 0) is 0 Å². The molecule has 1 saturated heterocycles. The van der Waals surface area contributed by atoms with Crippen molar-refractivity contribution in [1.29, 1.82) is 0 Å². The predicted octanol–water partition coefficient (Wildman–Crippen LogP) is 1.98. The smallest absolute Gasteiger partial charge is 0.205 e. The van der Waals surface area contributed by atoms with Crippen molar-refractivity contribution in [2.24, 2.45) is 11.7 Å². The summed E-state index contributed by atoms with van der Waals surface area (Å²) in [5.41, 5.74) is 5.92. The van der Waals surface area contributed by atoms with Gasteiger partial charge in [-0.1, -0.05) is 6.92 Å². The maximum absolute atomic E-state index is 5.92. The summed E-state index contributed by atoms with van der Waals surface area (Å²) in [6, 6.07) is 0.448. The van der Waals surface area contributed by atoms with Gasteiger partial charge in [0.2, 0.25) is 5.13 Å². The molecule has 0 bridgehead atoms. The Kier molecular flexibility index (Phi) is 3.04. The van der Waals surface area contributed by atoms with Crippen LogP contribution in [-0.4, -0.2) is 28.5 Å². The highest BCUT2D eigenvalue weighted by Crippen LogP contribution is 2.40. The maximum Gasteiger partial charge on any atom is 0.205 e. The van der Waals surface area contributed by atoms with Gasteiger partial charge in [0.15, 0.2) is 0 Å². The van der Waals surface area contributed by atoms with Crippen LogP contribution >= 0.6 is 11.5 Å². The highest BCUT2D eigenvalue weighted by Gasteiger charge is 2.32. The molecule has 2 heterocycles. The highest BCUT2D eigenvalue weighted by atomic mass is 32.1. The molecule has 2 fully saturated rings. The average Bonchev–Trinajstić information content (AvgIpc) is 3.07. The van der Waals surface area contributed by atoms with Crippen molar-refractivity contribution in [2.45, 2.75) is 44.6 Å². The molecule has 1 aliphatic heterocycles. The third-order valence-corrected chi connectivity index (χ3v) is 4.74. The van der Waals surface area contributed by atoms with Crippen molar-refractivity contribution in [3.05, 3.63) is 5.82 Å². The standard InChI is InChI=1S/C12H20N4S/c1-8-3-2-6-16(10(8)7-13)12-14-11(15-17-12)9-4-5-9/h8-10H,2-7,13H2,1H3. The van der Waals surface area contributed by atoms with E-state index in [1.807, 2.05) is 0 Å². The molecule has 2 N–H and O–H groups in total. The third kappa shape index (κ3) is 2.18. The van der Waals surface area contributed by atoms with E-state index in [4.69, 9.17) is 10.7 Å². The lowest BCUT2D eigenvalue weighted by Gasteiger charge is -2.39. The van der Waals surface area contributed by atoms with Crippen LogP contribution in [0.5, 0.6) is 0 Å². The Morgan fingerprint density at radius 3 is 2.94 bits per heavy atom. The molecular weight excluding hydrogens is 232 g/mol. The summed E-state index contributed by atoms with van der Waals surface area (Å²) in [7, 11) is 0. The molecule has 0 amide bonds. The Balaban J connectivity index is 1.79. The van der Waals surface area contributed by atoms with Gasteiger partial charge in [0.05, 0.1) is 0 Å². The van der Waals surface area contributed by atoms with E-state index in [1.54, 1.807) is 11.5 Å². The van der Waals surface area contributed by atoms with Crippen molar-refractivity contribution in [1.82, 2.24) is 9.36 Å². The van der Waals surface area contributed by atoms with Gasteiger partial charge in [0, 0.05) is 36.6 Å². The Morgan fingerprint density at radius 1 is 1.41 bits per heavy atom. The lowest BCUT2D eigenvalue weighted by atomic mass is 9.91. The second kappa shape index (κ2) is 4.53. The zero-order chi connectivity index (χ0) is 11.8. The van der Waals surface area contributed by atoms with Crippen LogP contribution < -0.4 is 10.6 Å². The molecule has 94 valence electrons. The minimum Gasteiger partial charge on any atom is -0.342 e. The molecule has 2 unspecified atom stereocenters. The number of nitrogens with zero attached hydrogens (tertiary/aromatic N) is 3. The van der Waals surface area contributed by atoms with Crippen LogP contribution in [0.1, 0.15) is 44.3 Å². The van der Waals surface area contributed by atoms with Gasteiger partial charge in [0.25, 0.3) is 0 Å². The van der Waals surface area contributed by atoms with Gasteiger partial charge in [0.1, 0.15) is 5.82 Å². The summed E-state index contributed by atoms with van der Waals surface area (Å²) in [4.78, 5) is 7.09. The van der Waals surface area contributed by atoms with E-state index in [0.717, 1.165) is 24.0 Å². The van der Waals surface area contributed by atoms with E-state index in [1.165, 1.54) is 25.7 Å². The quantitative estimate of drug-likeness (QED) is 0.893. The molecule has 3 rings (SSSR count). The molecule has 2 aliphatic rings. The zero-order valence-electron chi connectivity index (χ0n) is 10.3. The number of anilines is 1. The molecule has 4 nitrogen and oxygen atoms in total. The van der Waals surface area contributed by atoms with Crippen molar-refractivity contribution in [2.75, 3.05) is 18.0 Å². The normalized spacial score (nSPS) is 29.6. The first kappa shape index (κ1) is 11.4. The van der Waals surface area contributed by atoms with Crippen molar-refractivity contribution in [3.63, 3.8) is 0 Å². The van der Waals surface area contributed by atoms with E-state index in [2.05, 4.69) is 16.2 Å². The maximum atomic E-state index is 5.92. The van der Waals surface area contributed by atoms with Crippen LogP contribution in [0.25, 0.3) is 0 Å². The molecule has 1 saturated carbocycles. The number of rotatable bonds is 3. The first-order valence-corrected chi connectivity index (χ1v) is 7.37. The van der Waals surface area contributed by atoms with Crippen molar-refractivity contribution < 1.29 is 0 Å². The summed E-state index contributed by atoms with van der Waals surface area (Å²) < 4.78 is 4.50. The predicted molar refractivity (Wildman–Crippen MR) is 70.5 cm³/mol. The van der Waals surface area contributed by atoms with Crippen molar-refractivity contribution in [3.8, 4) is 0 Å². The molecule has 0 spiro atoms. The van der Waals surface area contributed by atoms with Crippen LogP contribution in [0.4, 0.5) is 5.13 Å². The zero-order valence-corrected chi connectivity index (χ0v) is 11.1. The number of piperidine rings is 1. The SMILES string of the molecule is CC1CCCN(c2nc(C3CC3)ns2)C1CN. The van der Waals surface area contributed by atoms with Crippen LogP contribution in [0.15, 0.2) is 0 Å². The number of hydrogen-bond donors (Lipinski definition) is 1. The molecule has 5 heteroatoms. The summed E-state index contributed by atoms with van der Waals surface area (Å²) in [6.45, 7) is 4.11. The van der Waals surface area contributed by atoms with Gasteiger partial charge in [-0.05, 0) is 31.6 Å². The molecule has 0 radical (unpaired) electrons. The molecule has 1 aliphatic carbocycles. The summed E-state index contributed by atoms with van der Waals surface area (Å²) in [6.07, 6.45) is 5.07. The second-order valence-electron chi connectivity index (χ2n) is 5.33.